The molecular weight excluding hydrogens is 386 g/mol. The highest BCUT2D eigenvalue weighted by molar-refractivity contribution is 6.07. The number of nitrogens with zero attached hydrogens (tertiary/aromatic N) is 1. The van der Waals surface area contributed by atoms with Crippen LogP contribution in [0.4, 0.5) is 11.4 Å². The number of para-hydroxylation sites is 1. The molecule has 2 N–H and O–H groups in total. The molecule has 0 aliphatic carbocycles. The Morgan fingerprint density at radius 1 is 0.871 bits per heavy atom. The van der Waals surface area contributed by atoms with E-state index in [4.69, 9.17) is 0 Å². The number of amides is 2. The molecule has 0 saturated heterocycles. The fourth-order valence-electron chi connectivity index (χ4n) is 3.54. The van der Waals surface area contributed by atoms with Crippen molar-refractivity contribution >= 4 is 23.2 Å². The van der Waals surface area contributed by atoms with Gasteiger partial charge in [-0.2, -0.15) is 0 Å². The number of benzene rings is 3. The normalized spacial score (nSPS) is 11.5. The Labute approximate surface area is 184 Å². The summed E-state index contributed by atoms with van der Waals surface area (Å²) in [4.78, 5) is 27.2. The highest BCUT2D eigenvalue weighted by Gasteiger charge is 2.17. The van der Waals surface area contributed by atoms with Gasteiger partial charge in [0.05, 0.1) is 6.54 Å². The predicted molar refractivity (Wildman–Crippen MR) is 126 cm³/mol. The first-order chi connectivity index (χ1) is 15.1. The average Bonchev–Trinajstić information content (AvgIpc) is 2.81. The summed E-state index contributed by atoms with van der Waals surface area (Å²) >= 11 is 0. The second-order valence-electron chi connectivity index (χ2n) is 7.27. The first kappa shape index (κ1) is 22.2. The lowest BCUT2D eigenvalue weighted by Gasteiger charge is -2.21. The maximum Gasteiger partial charge on any atom is 0.258 e. The molecule has 0 spiro atoms. The van der Waals surface area contributed by atoms with Crippen molar-refractivity contribution in [3.05, 3.63) is 96.1 Å². The van der Waals surface area contributed by atoms with Gasteiger partial charge in [-0.25, -0.2) is 0 Å². The number of hydrogen-bond acceptors (Lipinski definition) is 3. The van der Waals surface area contributed by atoms with Crippen molar-refractivity contribution in [3.8, 4) is 0 Å². The highest BCUT2D eigenvalue weighted by Crippen LogP contribution is 2.19. The van der Waals surface area contributed by atoms with Crippen LogP contribution in [-0.4, -0.2) is 24.9 Å². The molecule has 1 unspecified atom stereocenters. The van der Waals surface area contributed by atoms with E-state index in [9.17, 15) is 9.59 Å². The zero-order valence-electron chi connectivity index (χ0n) is 18.0. The number of hydrogen-bond donors (Lipinski definition) is 2. The minimum absolute atomic E-state index is 0.0990. The first-order valence-electron chi connectivity index (χ1n) is 10.7. The number of carbonyl (C=O) groups is 2. The van der Waals surface area contributed by atoms with Crippen molar-refractivity contribution in [2.24, 2.45) is 0 Å². The smallest absolute Gasteiger partial charge is 0.258 e. The van der Waals surface area contributed by atoms with E-state index < -0.39 is 0 Å². The number of nitrogens with one attached hydrogen (secondary N) is 2. The van der Waals surface area contributed by atoms with Gasteiger partial charge in [-0.05, 0) is 49.2 Å². The maximum atomic E-state index is 13.0. The van der Waals surface area contributed by atoms with Gasteiger partial charge < -0.3 is 15.5 Å². The number of carbonyl (C=O) groups excluding carboxylic acids is 2. The van der Waals surface area contributed by atoms with E-state index in [1.165, 1.54) is 0 Å². The van der Waals surface area contributed by atoms with Crippen molar-refractivity contribution in [1.82, 2.24) is 5.32 Å². The Morgan fingerprint density at radius 3 is 2.19 bits per heavy atom. The molecular formula is C26H29N3O2. The average molecular weight is 416 g/mol. The lowest BCUT2D eigenvalue weighted by molar-refractivity contribution is -0.115. The Bertz CT molecular complexity index is 990. The molecule has 3 aromatic rings. The molecule has 0 aromatic heterocycles. The van der Waals surface area contributed by atoms with Crippen LogP contribution in [0.3, 0.4) is 0 Å². The molecule has 1 atom stereocenters. The second-order valence-corrected chi connectivity index (χ2v) is 7.27. The minimum atomic E-state index is -0.144. The lowest BCUT2D eigenvalue weighted by atomic mass is 10.0. The van der Waals surface area contributed by atoms with E-state index >= 15 is 0 Å². The van der Waals surface area contributed by atoms with E-state index in [-0.39, 0.29) is 24.4 Å². The van der Waals surface area contributed by atoms with Crippen LogP contribution < -0.4 is 15.5 Å². The van der Waals surface area contributed by atoms with Crippen LogP contribution >= 0.6 is 0 Å². The van der Waals surface area contributed by atoms with Crippen molar-refractivity contribution in [3.63, 3.8) is 0 Å². The van der Waals surface area contributed by atoms with Crippen LogP contribution in [0.2, 0.25) is 0 Å². The van der Waals surface area contributed by atoms with Gasteiger partial charge in [0, 0.05) is 29.5 Å². The summed E-state index contributed by atoms with van der Waals surface area (Å²) in [5, 5.41) is 6.20. The Hall–Kier alpha value is -3.44. The molecule has 2 amide bonds. The Morgan fingerprint density at radius 2 is 1.55 bits per heavy atom. The largest absolute Gasteiger partial charge is 0.325 e. The minimum Gasteiger partial charge on any atom is -0.325 e. The summed E-state index contributed by atoms with van der Waals surface area (Å²) in [7, 11) is 0. The fourth-order valence-corrected chi connectivity index (χ4v) is 3.54. The van der Waals surface area contributed by atoms with Crippen LogP contribution in [0.1, 0.15) is 42.2 Å². The molecule has 3 aromatic carbocycles. The van der Waals surface area contributed by atoms with Gasteiger partial charge in [-0.1, -0.05) is 61.5 Å². The third kappa shape index (κ3) is 6.03. The van der Waals surface area contributed by atoms with Crippen molar-refractivity contribution < 1.29 is 9.59 Å². The van der Waals surface area contributed by atoms with Gasteiger partial charge in [0.15, 0.2) is 0 Å². The number of rotatable bonds is 9. The monoisotopic (exact) mass is 415 g/mol. The van der Waals surface area contributed by atoms with E-state index in [0.29, 0.717) is 17.8 Å². The molecule has 0 heterocycles. The third-order valence-corrected chi connectivity index (χ3v) is 5.14. The van der Waals surface area contributed by atoms with Crippen LogP contribution in [0.25, 0.3) is 0 Å². The lowest BCUT2D eigenvalue weighted by Crippen LogP contribution is -2.32. The number of anilines is 2. The zero-order chi connectivity index (χ0) is 22.1. The van der Waals surface area contributed by atoms with E-state index in [0.717, 1.165) is 17.7 Å². The summed E-state index contributed by atoms with van der Waals surface area (Å²) in [6.07, 6.45) is 0.883. The molecule has 0 saturated carbocycles. The molecule has 0 aliphatic heterocycles. The molecule has 160 valence electrons. The maximum absolute atomic E-state index is 13.0. The Kier molecular flexibility index (Phi) is 7.96. The summed E-state index contributed by atoms with van der Waals surface area (Å²) in [5.41, 5.74) is 3.15. The van der Waals surface area contributed by atoms with Crippen molar-refractivity contribution in [2.45, 2.75) is 26.3 Å². The van der Waals surface area contributed by atoms with E-state index in [2.05, 4.69) is 29.7 Å². The van der Waals surface area contributed by atoms with Crippen LogP contribution in [0, 0.1) is 0 Å². The molecule has 0 aliphatic rings. The molecule has 0 radical (unpaired) electrons. The quantitative estimate of drug-likeness (QED) is 0.515. The molecule has 5 heteroatoms. The van der Waals surface area contributed by atoms with Crippen molar-refractivity contribution in [2.75, 3.05) is 23.3 Å². The third-order valence-electron chi connectivity index (χ3n) is 5.14. The van der Waals surface area contributed by atoms with Crippen LogP contribution in [0.15, 0.2) is 84.9 Å². The van der Waals surface area contributed by atoms with Gasteiger partial charge in [0.25, 0.3) is 5.91 Å². The van der Waals surface area contributed by atoms with Crippen LogP contribution in [0.5, 0.6) is 0 Å². The Balaban J connectivity index is 1.63. The van der Waals surface area contributed by atoms with E-state index in [1.54, 1.807) is 29.2 Å². The second kappa shape index (κ2) is 11.1. The summed E-state index contributed by atoms with van der Waals surface area (Å²) in [5.74, 6) is -0.243. The van der Waals surface area contributed by atoms with Gasteiger partial charge >= 0.3 is 0 Å². The molecule has 5 nitrogen and oxygen atoms in total. The molecule has 3 rings (SSSR count). The highest BCUT2D eigenvalue weighted by atomic mass is 16.2. The molecule has 31 heavy (non-hydrogen) atoms. The van der Waals surface area contributed by atoms with Crippen LogP contribution in [-0.2, 0) is 4.79 Å². The topological polar surface area (TPSA) is 61.4 Å². The first-order valence-corrected chi connectivity index (χ1v) is 10.7. The fraction of sp³-hybridized carbons (Fsp3) is 0.231. The van der Waals surface area contributed by atoms with Gasteiger partial charge in [0.1, 0.15) is 0 Å². The van der Waals surface area contributed by atoms with Gasteiger partial charge in [-0.15, -0.1) is 0 Å². The van der Waals surface area contributed by atoms with Gasteiger partial charge in [-0.3, -0.25) is 9.59 Å². The van der Waals surface area contributed by atoms with Gasteiger partial charge in [0.2, 0.25) is 5.91 Å². The summed E-state index contributed by atoms with van der Waals surface area (Å²) in [6, 6.07) is 26.8. The molecule has 0 bridgehead atoms. The molecule has 0 fully saturated rings. The summed E-state index contributed by atoms with van der Waals surface area (Å²) < 4.78 is 0. The van der Waals surface area contributed by atoms with E-state index in [1.807, 2.05) is 55.5 Å². The zero-order valence-corrected chi connectivity index (χ0v) is 18.0. The summed E-state index contributed by atoms with van der Waals surface area (Å²) in [6.45, 7) is 4.78. The standard InChI is InChI=1S/C26H29N3O2/c1-3-24(20-12-7-5-8-13-20)27-19-25(30)28-22-15-11-14-21(18-22)26(31)29(4-2)23-16-9-6-10-17-23/h5-18,24,27H,3-4,19H2,1-2H3,(H,28,30). The van der Waals surface area contributed by atoms with Crippen molar-refractivity contribution in [1.29, 1.82) is 0 Å². The predicted octanol–water partition coefficient (Wildman–Crippen LogP) is 5.03. The SMILES string of the molecule is CCC(NCC(=O)Nc1cccc(C(=O)N(CC)c2ccccc2)c1)c1ccccc1.